The molecule has 4 N–H and O–H groups in total. The Morgan fingerprint density at radius 2 is 2.14 bits per heavy atom. The molecule has 1 amide bonds. The van der Waals surface area contributed by atoms with Gasteiger partial charge in [-0.2, -0.15) is 0 Å². The Labute approximate surface area is 124 Å². The number of fused-ring (bicyclic) bond motifs is 1. The van der Waals surface area contributed by atoms with Gasteiger partial charge in [0.25, 0.3) is 5.91 Å². The normalized spacial score (nSPS) is 13.9. The van der Waals surface area contributed by atoms with Crippen molar-refractivity contribution in [3.63, 3.8) is 0 Å². The second-order valence-electron chi connectivity index (χ2n) is 5.54. The fraction of sp³-hybridized carbons (Fsp3) is 0.375. The van der Waals surface area contributed by atoms with E-state index in [1.165, 1.54) is 0 Å². The largest absolute Gasteiger partial charge is 0.398 e. The van der Waals surface area contributed by atoms with Gasteiger partial charge in [0, 0.05) is 17.6 Å². The number of nitrogens with zero attached hydrogens (tertiary/aromatic N) is 1. The Hall–Kier alpha value is -2.14. The third kappa shape index (κ3) is 3.70. The van der Waals surface area contributed by atoms with Crippen LogP contribution in [0.5, 0.6) is 0 Å². The molecule has 0 bridgehead atoms. The molecule has 0 spiro atoms. The summed E-state index contributed by atoms with van der Waals surface area (Å²) < 4.78 is 0. The predicted molar refractivity (Wildman–Crippen MR) is 84.0 cm³/mol. The topological polar surface area (TPSA) is 88.2 Å². The number of nitrogen functional groups attached to an aromatic ring is 1. The van der Waals surface area contributed by atoms with Crippen molar-refractivity contribution in [2.75, 3.05) is 12.3 Å². The van der Waals surface area contributed by atoms with E-state index in [9.17, 15) is 9.90 Å². The predicted octanol–water partition coefficient (Wildman–Crippen LogP) is 2.10. The van der Waals surface area contributed by atoms with E-state index in [1.54, 1.807) is 13.0 Å². The van der Waals surface area contributed by atoms with Crippen molar-refractivity contribution in [1.82, 2.24) is 10.3 Å². The zero-order chi connectivity index (χ0) is 15.5. The maximum atomic E-state index is 12.2. The number of nitrogens with two attached hydrogens (primary N) is 1. The van der Waals surface area contributed by atoms with Crippen LogP contribution in [0.3, 0.4) is 0 Å². The number of hydrogen-bond donors (Lipinski definition) is 3. The summed E-state index contributed by atoms with van der Waals surface area (Å²) in [4.78, 5) is 16.5. The van der Waals surface area contributed by atoms with Crippen molar-refractivity contribution >= 4 is 22.5 Å². The van der Waals surface area contributed by atoms with Crippen LogP contribution in [0.15, 0.2) is 30.3 Å². The number of carbonyl (C=O) groups excluding carboxylic acids is 1. The molecule has 1 aromatic heterocycles. The minimum absolute atomic E-state index is 0.189. The molecule has 0 saturated heterocycles. The highest BCUT2D eigenvalue weighted by Gasteiger charge is 2.21. The first-order valence-electron chi connectivity index (χ1n) is 7.09. The van der Waals surface area contributed by atoms with Crippen LogP contribution in [-0.4, -0.2) is 28.1 Å². The van der Waals surface area contributed by atoms with Crippen LogP contribution in [0.1, 0.15) is 37.2 Å². The number of rotatable bonds is 5. The number of benzene rings is 1. The maximum absolute atomic E-state index is 12.2. The van der Waals surface area contributed by atoms with Gasteiger partial charge in [-0.1, -0.05) is 31.5 Å². The molecule has 0 aliphatic heterocycles. The van der Waals surface area contributed by atoms with Gasteiger partial charge in [-0.3, -0.25) is 4.79 Å². The highest BCUT2D eigenvalue weighted by Crippen LogP contribution is 2.20. The Morgan fingerprint density at radius 3 is 2.86 bits per heavy atom. The van der Waals surface area contributed by atoms with Crippen LogP contribution in [-0.2, 0) is 0 Å². The van der Waals surface area contributed by atoms with Crippen molar-refractivity contribution in [3.05, 3.63) is 36.0 Å². The molecule has 5 heteroatoms. The molecule has 21 heavy (non-hydrogen) atoms. The SMILES string of the molecule is CCCC(C)(O)CNC(=O)c1cc(N)c2ccccc2n1. The molecule has 1 unspecified atom stereocenters. The van der Waals surface area contributed by atoms with Crippen molar-refractivity contribution < 1.29 is 9.90 Å². The van der Waals surface area contributed by atoms with E-state index in [1.807, 2.05) is 31.2 Å². The Balaban J connectivity index is 2.16. The average Bonchev–Trinajstić information content (AvgIpc) is 2.45. The lowest BCUT2D eigenvalue weighted by molar-refractivity contribution is 0.0468. The van der Waals surface area contributed by atoms with E-state index in [0.29, 0.717) is 17.6 Å². The number of carbonyl (C=O) groups is 1. The van der Waals surface area contributed by atoms with Crippen molar-refractivity contribution in [2.24, 2.45) is 0 Å². The Morgan fingerprint density at radius 1 is 1.43 bits per heavy atom. The van der Waals surface area contributed by atoms with Gasteiger partial charge >= 0.3 is 0 Å². The Kier molecular flexibility index (Phi) is 4.43. The summed E-state index contributed by atoms with van der Waals surface area (Å²) in [6.45, 7) is 3.88. The number of para-hydroxylation sites is 1. The van der Waals surface area contributed by atoms with Gasteiger partial charge in [-0.25, -0.2) is 4.98 Å². The number of nitrogens with one attached hydrogen (secondary N) is 1. The number of pyridine rings is 1. The summed E-state index contributed by atoms with van der Waals surface area (Å²) in [5, 5.41) is 13.6. The molecular weight excluding hydrogens is 266 g/mol. The number of anilines is 1. The van der Waals surface area contributed by atoms with Gasteiger partial charge in [0.2, 0.25) is 0 Å². The van der Waals surface area contributed by atoms with Gasteiger partial charge in [0.15, 0.2) is 0 Å². The molecule has 0 saturated carbocycles. The lowest BCUT2D eigenvalue weighted by atomic mass is 10.0. The lowest BCUT2D eigenvalue weighted by Gasteiger charge is -2.22. The highest BCUT2D eigenvalue weighted by molar-refractivity contribution is 5.99. The molecule has 1 heterocycles. The third-order valence-electron chi connectivity index (χ3n) is 3.40. The van der Waals surface area contributed by atoms with Crippen LogP contribution in [0.2, 0.25) is 0 Å². The zero-order valence-electron chi connectivity index (χ0n) is 12.4. The maximum Gasteiger partial charge on any atom is 0.270 e. The minimum atomic E-state index is -0.910. The molecule has 0 radical (unpaired) electrons. The van der Waals surface area contributed by atoms with Crippen molar-refractivity contribution in [1.29, 1.82) is 0 Å². The first-order valence-corrected chi connectivity index (χ1v) is 7.09. The molecule has 2 rings (SSSR count). The molecule has 112 valence electrons. The van der Waals surface area contributed by atoms with Crippen LogP contribution in [0.4, 0.5) is 5.69 Å². The van der Waals surface area contributed by atoms with Gasteiger partial charge in [-0.05, 0) is 25.5 Å². The van der Waals surface area contributed by atoms with E-state index >= 15 is 0 Å². The minimum Gasteiger partial charge on any atom is -0.398 e. The first kappa shape index (κ1) is 15.3. The highest BCUT2D eigenvalue weighted by atomic mass is 16.3. The third-order valence-corrected chi connectivity index (χ3v) is 3.40. The molecule has 5 nitrogen and oxygen atoms in total. The average molecular weight is 287 g/mol. The second-order valence-corrected chi connectivity index (χ2v) is 5.54. The van der Waals surface area contributed by atoms with E-state index in [4.69, 9.17) is 5.73 Å². The summed E-state index contributed by atoms with van der Waals surface area (Å²) in [6, 6.07) is 8.97. The smallest absolute Gasteiger partial charge is 0.270 e. The van der Waals surface area contributed by atoms with Gasteiger partial charge in [0.1, 0.15) is 5.69 Å². The first-order chi connectivity index (χ1) is 9.93. The van der Waals surface area contributed by atoms with Crippen LogP contribution in [0.25, 0.3) is 10.9 Å². The number of hydrogen-bond acceptors (Lipinski definition) is 4. The zero-order valence-corrected chi connectivity index (χ0v) is 12.4. The van der Waals surface area contributed by atoms with Crippen LogP contribution in [0, 0.1) is 0 Å². The molecule has 0 aliphatic carbocycles. The van der Waals surface area contributed by atoms with E-state index < -0.39 is 5.60 Å². The van der Waals surface area contributed by atoms with E-state index in [-0.39, 0.29) is 18.1 Å². The standard InChI is InChI=1S/C16H21N3O2/c1-3-8-16(2,21)10-18-15(20)14-9-12(17)11-6-4-5-7-13(11)19-14/h4-7,9,21H,3,8,10H2,1-2H3,(H2,17,19)(H,18,20). The fourth-order valence-electron chi connectivity index (χ4n) is 2.31. The summed E-state index contributed by atoms with van der Waals surface area (Å²) in [6.07, 6.45) is 1.48. The molecular formula is C16H21N3O2. The molecule has 2 aromatic rings. The summed E-state index contributed by atoms with van der Waals surface area (Å²) in [5.74, 6) is -0.330. The Bertz CT molecular complexity index is 653. The van der Waals surface area contributed by atoms with Crippen molar-refractivity contribution in [3.8, 4) is 0 Å². The molecule has 1 aromatic carbocycles. The number of aromatic nitrogens is 1. The summed E-state index contributed by atoms with van der Waals surface area (Å²) >= 11 is 0. The molecule has 1 atom stereocenters. The van der Waals surface area contributed by atoms with Gasteiger partial charge in [-0.15, -0.1) is 0 Å². The number of amides is 1. The lowest BCUT2D eigenvalue weighted by Crippen LogP contribution is -2.40. The monoisotopic (exact) mass is 287 g/mol. The van der Waals surface area contributed by atoms with E-state index in [0.717, 1.165) is 11.8 Å². The van der Waals surface area contributed by atoms with Crippen LogP contribution >= 0.6 is 0 Å². The number of aliphatic hydroxyl groups is 1. The van der Waals surface area contributed by atoms with Gasteiger partial charge < -0.3 is 16.2 Å². The summed E-state index contributed by atoms with van der Waals surface area (Å²) in [7, 11) is 0. The molecule has 0 fully saturated rings. The van der Waals surface area contributed by atoms with Crippen LogP contribution < -0.4 is 11.1 Å². The second kappa shape index (κ2) is 6.10. The molecule has 0 aliphatic rings. The van der Waals surface area contributed by atoms with Crippen molar-refractivity contribution in [2.45, 2.75) is 32.3 Å². The summed E-state index contributed by atoms with van der Waals surface area (Å²) in [5.41, 5.74) is 6.51. The quantitative estimate of drug-likeness (QED) is 0.785. The fourth-order valence-corrected chi connectivity index (χ4v) is 2.31. The van der Waals surface area contributed by atoms with E-state index in [2.05, 4.69) is 10.3 Å². The van der Waals surface area contributed by atoms with Gasteiger partial charge in [0.05, 0.1) is 11.1 Å².